The number of pyridine rings is 1. The fraction of sp³-hybridized carbons (Fsp3) is 0.167. The Morgan fingerprint density at radius 2 is 2.28 bits per heavy atom. The lowest BCUT2D eigenvalue weighted by Crippen LogP contribution is -2.04. The normalized spacial score (nSPS) is 11.2. The zero-order valence-electron chi connectivity index (χ0n) is 9.72. The van der Waals surface area contributed by atoms with Gasteiger partial charge in [-0.3, -0.25) is 4.57 Å². The predicted molar refractivity (Wildman–Crippen MR) is 69.5 cm³/mol. The zero-order valence-corrected chi connectivity index (χ0v) is 10.5. The molecule has 18 heavy (non-hydrogen) atoms. The van der Waals surface area contributed by atoms with Crippen molar-refractivity contribution in [2.24, 2.45) is 0 Å². The molecule has 0 aromatic carbocycles. The fourth-order valence-corrected chi connectivity index (χ4v) is 2.04. The highest BCUT2D eigenvalue weighted by Crippen LogP contribution is 2.21. The third-order valence-corrected chi connectivity index (χ3v) is 2.90. The Balaban J connectivity index is 2.08. The van der Waals surface area contributed by atoms with Gasteiger partial charge in [0.1, 0.15) is 17.0 Å². The number of nitrogens with two attached hydrogens (primary N) is 1. The van der Waals surface area contributed by atoms with Crippen LogP contribution in [0.4, 0.5) is 5.95 Å². The van der Waals surface area contributed by atoms with Gasteiger partial charge in [-0.2, -0.15) is 0 Å². The smallest absolute Gasteiger partial charge is 0.202 e. The maximum absolute atomic E-state index is 5.89. The highest BCUT2D eigenvalue weighted by atomic mass is 35.5. The summed E-state index contributed by atoms with van der Waals surface area (Å²) in [6.07, 6.45) is 1.58. The molecule has 0 aliphatic rings. The van der Waals surface area contributed by atoms with Crippen molar-refractivity contribution >= 4 is 28.7 Å². The van der Waals surface area contributed by atoms with Crippen LogP contribution in [0.25, 0.3) is 11.2 Å². The van der Waals surface area contributed by atoms with Crippen LogP contribution in [0.1, 0.15) is 11.5 Å². The average Bonchev–Trinajstić information content (AvgIpc) is 2.84. The van der Waals surface area contributed by atoms with Gasteiger partial charge < -0.3 is 10.2 Å². The summed E-state index contributed by atoms with van der Waals surface area (Å²) in [5.74, 6) is 2.08. The van der Waals surface area contributed by atoms with Crippen molar-refractivity contribution in [3.8, 4) is 0 Å². The van der Waals surface area contributed by atoms with E-state index in [4.69, 9.17) is 21.8 Å². The summed E-state index contributed by atoms with van der Waals surface area (Å²) < 4.78 is 7.32. The van der Waals surface area contributed by atoms with E-state index < -0.39 is 0 Å². The van der Waals surface area contributed by atoms with Gasteiger partial charge in [0.05, 0.1) is 11.6 Å². The largest absolute Gasteiger partial charge is 0.464 e. The van der Waals surface area contributed by atoms with E-state index in [1.165, 1.54) is 0 Å². The third kappa shape index (κ3) is 1.82. The second-order valence-corrected chi connectivity index (χ2v) is 4.50. The van der Waals surface area contributed by atoms with Gasteiger partial charge >= 0.3 is 0 Å². The van der Waals surface area contributed by atoms with Crippen molar-refractivity contribution in [1.29, 1.82) is 0 Å². The number of fused-ring (bicyclic) bond motifs is 1. The molecule has 0 amide bonds. The van der Waals surface area contributed by atoms with Crippen LogP contribution in [0.3, 0.4) is 0 Å². The Morgan fingerprint density at radius 3 is 3.00 bits per heavy atom. The minimum Gasteiger partial charge on any atom is -0.464 e. The van der Waals surface area contributed by atoms with Crippen molar-refractivity contribution in [2.45, 2.75) is 13.5 Å². The number of furan rings is 1. The van der Waals surface area contributed by atoms with Gasteiger partial charge in [-0.05, 0) is 25.1 Å². The topological polar surface area (TPSA) is 69.9 Å². The molecule has 5 nitrogen and oxygen atoms in total. The summed E-state index contributed by atoms with van der Waals surface area (Å²) in [6, 6.07) is 5.57. The lowest BCUT2D eigenvalue weighted by atomic mass is 10.4. The number of hydrogen-bond acceptors (Lipinski definition) is 4. The summed E-state index contributed by atoms with van der Waals surface area (Å²) in [5, 5.41) is 0.543. The van der Waals surface area contributed by atoms with E-state index in [1.807, 2.05) is 19.1 Å². The van der Waals surface area contributed by atoms with Crippen molar-refractivity contribution in [3.05, 3.63) is 40.9 Å². The van der Waals surface area contributed by atoms with Crippen molar-refractivity contribution in [1.82, 2.24) is 14.5 Å². The Labute approximate surface area is 108 Å². The van der Waals surface area contributed by atoms with E-state index in [0.29, 0.717) is 28.7 Å². The molecule has 0 atom stereocenters. The van der Waals surface area contributed by atoms with Gasteiger partial charge in [-0.25, -0.2) is 9.97 Å². The van der Waals surface area contributed by atoms with Gasteiger partial charge in [-0.1, -0.05) is 11.6 Å². The number of imidazole rings is 1. The second kappa shape index (κ2) is 4.03. The molecule has 3 aromatic rings. The molecule has 0 unspecified atom stereocenters. The molecule has 0 bridgehead atoms. The van der Waals surface area contributed by atoms with E-state index in [1.54, 1.807) is 16.8 Å². The Hall–Kier alpha value is -2.01. The summed E-state index contributed by atoms with van der Waals surface area (Å²) in [4.78, 5) is 8.48. The van der Waals surface area contributed by atoms with Gasteiger partial charge in [-0.15, -0.1) is 0 Å². The monoisotopic (exact) mass is 262 g/mol. The predicted octanol–water partition coefficient (Wildman–Crippen LogP) is 2.62. The van der Waals surface area contributed by atoms with Crippen LogP contribution in [0.15, 0.2) is 28.8 Å². The van der Waals surface area contributed by atoms with Gasteiger partial charge in [0.2, 0.25) is 5.95 Å². The van der Waals surface area contributed by atoms with Crippen LogP contribution in [-0.2, 0) is 6.54 Å². The fourth-order valence-electron chi connectivity index (χ4n) is 1.89. The number of aryl methyl sites for hydroxylation is 1. The molecule has 3 aromatic heterocycles. The van der Waals surface area contributed by atoms with Crippen LogP contribution in [0.2, 0.25) is 5.02 Å². The van der Waals surface area contributed by atoms with E-state index >= 15 is 0 Å². The van der Waals surface area contributed by atoms with Gasteiger partial charge in [0, 0.05) is 6.20 Å². The number of anilines is 1. The number of halogens is 1. The average molecular weight is 263 g/mol. The number of nitrogens with zero attached hydrogens (tertiary/aromatic N) is 3. The molecule has 0 radical (unpaired) electrons. The van der Waals surface area contributed by atoms with Crippen LogP contribution < -0.4 is 5.73 Å². The first-order valence-electron chi connectivity index (χ1n) is 5.46. The highest BCUT2D eigenvalue weighted by molar-refractivity contribution is 6.31. The summed E-state index contributed by atoms with van der Waals surface area (Å²) in [7, 11) is 0. The van der Waals surface area contributed by atoms with Crippen LogP contribution in [0.5, 0.6) is 0 Å². The van der Waals surface area contributed by atoms with Crippen LogP contribution in [-0.4, -0.2) is 14.5 Å². The molecule has 0 aliphatic carbocycles. The van der Waals surface area contributed by atoms with E-state index in [2.05, 4.69) is 9.97 Å². The van der Waals surface area contributed by atoms with Gasteiger partial charge in [0.25, 0.3) is 0 Å². The summed E-state index contributed by atoms with van der Waals surface area (Å²) in [5.41, 5.74) is 7.27. The third-order valence-electron chi connectivity index (χ3n) is 2.69. The maximum Gasteiger partial charge on any atom is 0.202 e. The molecule has 0 spiro atoms. The first kappa shape index (κ1) is 11.1. The number of hydrogen-bond donors (Lipinski definition) is 1. The number of aromatic nitrogens is 3. The molecule has 6 heteroatoms. The molecule has 0 aliphatic heterocycles. The highest BCUT2D eigenvalue weighted by Gasteiger charge is 2.11. The van der Waals surface area contributed by atoms with Crippen molar-refractivity contribution in [2.75, 3.05) is 5.73 Å². The van der Waals surface area contributed by atoms with E-state index in [-0.39, 0.29) is 0 Å². The summed E-state index contributed by atoms with van der Waals surface area (Å²) in [6.45, 7) is 2.40. The minimum atomic E-state index is 0.397. The Kier molecular flexibility index (Phi) is 2.48. The molecule has 0 saturated heterocycles. The molecule has 0 fully saturated rings. The molecule has 2 N–H and O–H groups in total. The molecule has 0 saturated carbocycles. The van der Waals surface area contributed by atoms with Crippen LogP contribution >= 0.6 is 11.6 Å². The Bertz CT molecular complexity index is 716. The number of nitrogen functional groups attached to an aromatic ring is 1. The van der Waals surface area contributed by atoms with Crippen molar-refractivity contribution in [3.63, 3.8) is 0 Å². The molecular weight excluding hydrogens is 252 g/mol. The maximum atomic E-state index is 5.89. The first-order valence-corrected chi connectivity index (χ1v) is 5.84. The molecule has 92 valence electrons. The molecular formula is C12H11ClN4O. The number of rotatable bonds is 2. The van der Waals surface area contributed by atoms with E-state index in [0.717, 1.165) is 11.5 Å². The standard InChI is InChI=1S/C12H11ClN4O/c1-7-2-3-9(18-7)6-17-11-10(16-12(17)14)4-8(13)5-15-11/h2-5H,6H2,1H3,(H2,14,16). The first-order chi connectivity index (χ1) is 8.63. The Morgan fingerprint density at radius 1 is 1.44 bits per heavy atom. The quantitative estimate of drug-likeness (QED) is 0.771. The zero-order chi connectivity index (χ0) is 12.7. The van der Waals surface area contributed by atoms with E-state index in [9.17, 15) is 0 Å². The molecule has 3 heterocycles. The van der Waals surface area contributed by atoms with Crippen molar-refractivity contribution < 1.29 is 4.42 Å². The lowest BCUT2D eigenvalue weighted by Gasteiger charge is -2.02. The lowest BCUT2D eigenvalue weighted by molar-refractivity contribution is 0.473. The van der Waals surface area contributed by atoms with Gasteiger partial charge in [0.15, 0.2) is 5.65 Å². The van der Waals surface area contributed by atoms with Crippen LogP contribution in [0, 0.1) is 6.92 Å². The SMILES string of the molecule is Cc1ccc(Cn2c(N)nc3cc(Cl)cnc32)o1. The minimum absolute atomic E-state index is 0.397. The summed E-state index contributed by atoms with van der Waals surface area (Å²) >= 11 is 5.87. The molecule has 3 rings (SSSR count). The second-order valence-electron chi connectivity index (χ2n) is 4.06.